The average Bonchev–Trinajstić information content (AvgIpc) is 3.15. The lowest BCUT2D eigenvalue weighted by Crippen LogP contribution is -2.67. The standard InChI is InChI=1S/C28H26Cl2N4O2/c1-18-28(27(35)34(31-18)23-7-5-20(29)6-8-23)16-19-3-4-21(30)15-25(19)33-14-13-32(17-26(28)33)22-9-11-24(36-2)12-10-22/h3-12,15,26H,13-14,16-17H2,1-2H3/t26-,28-/m0/s1. The first-order chi connectivity index (χ1) is 17.4. The van der Waals surface area contributed by atoms with Gasteiger partial charge in [-0.05, 0) is 79.6 Å². The van der Waals surface area contributed by atoms with E-state index in [9.17, 15) is 4.79 Å². The Hall–Kier alpha value is -3.22. The SMILES string of the molecule is COc1ccc(N2CCN3c4cc(Cl)ccc4C[C@@]4(C(=O)N(c5ccc(Cl)cc5)N=C4C)[C@@H]3C2)cc1. The van der Waals surface area contributed by atoms with Crippen molar-refractivity contribution in [3.8, 4) is 5.75 Å². The molecule has 0 radical (unpaired) electrons. The van der Waals surface area contributed by atoms with Crippen LogP contribution in [0.2, 0.25) is 10.0 Å². The molecule has 36 heavy (non-hydrogen) atoms. The van der Waals surface area contributed by atoms with E-state index in [0.717, 1.165) is 47.2 Å². The predicted octanol–water partition coefficient (Wildman–Crippen LogP) is 5.66. The zero-order valence-electron chi connectivity index (χ0n) is 20.1. The van der Waals surface area contributed by atoms with Crippen molar-refractivity contribution in [2.24, 2.45) is 10.5 Å². The van der Waals surface area contributed by atoms with Gasteiger partial charge in [-0.3, -0.25) is 4.79 Å². The van der Waals surface area contributed by atoms with E-state index in [4.69, 9.17) is 33.0 Å². The van der Waals surface area contributed by atoms with Crippen LogP contribution < -0.4 is 19.5 Å². The highest BCUT2D eigenvalue weighted by molar-refractivity contribution is 6.31. The number of ether oxygens (including phenoxy) is 1. The van der Waals surface area contributed by atoms with Crippen LogP contribution in [0.5, 0.6) is 5.75 Å². The number of hydrazone groups is 1. The molecular formula is C28H26Cl2N4O2. The number of nitrogens with zero attached hydrogens (tertiary/aromatic N) is 4. The monoisotopic (exact) mass is 520 g/mol. The number of fused-ring (bicyclic) bond motifs is 4. The quantitative estimate of drug-likeness (QED) is 0.446. The van der Waals surface area contributed by atoms with Gasteiger partial charge in [0.1, 0.15) is 11.2 Å². The average molecular weight is 521 g/mol. The van der Waals surface area contributed by atoms with E-state index in [0.29, 0.717) is 23.0 Å². The molecule has 3 aromatic rings. The molecule has 1 spiro atoms. The Bertz CT molecular complexity index is 1360. The number of benzene rings is 3. The lowest BCUT2D eigenvalue weighted by molar-refractivity contribution is -0.125. The molecule has 0 N–H and O–H groups in total. The Morgan fingerprint density at radius 2 is 1.64 bits per heavy atom. The minimum Gasteiger partial charge on any atom is -0.497 e. The van der Waals surface area contributed by atoms with Crippen molar-refractivity contribution in [3.63, 3.8) is 0 Å². The highest BCUT2D eigenvalue weighted by atomic mass is 35.5. The van der Waals surface area contributed by atoms with E-state index in [-0.39, 0.29) is 11.9 Å². The van der Waals surface area contributed by atoms with E-state index in [1.807, 2.05) is 43.3 Å². The van der Waals surface area contributed by atoms with Gasteiger partial charge in [0.2, 0.25) is 0 Å². The molecule has 0 unspecified atom stereocenters. The van der Waals surface area contributed by atoms with Gasteiger partial charge in [-0.2, -0.15) is 10.1 Å². The van der Waals surface area contributed by atoms with Gasteiger partial charge >= 0.3 is 0 Å². The third-order valence-corrected chi connectivity index (χ3v) is 8.24. The summed E-state index contributed by atoms with van der Waals surface area (Å²) in [6.07, 6.45) is 0.579. The third-order valence-electron chi connectivity index (χ3n) is 7.75. The maximum absolute atomic E-state index is 14.3. The summed E-state index contributed by atoms with van der Waals surface area (Å²) in [5.74, 6) is 0.817. The highest BCUT2D eigenvalue weighted by Gasteiger charge is 2.60. The smallest absolute Gasteiger partial charge is 0.261 e. The van der Waals surface area contributed by atoms with Gasteiger partial charge in [0.25, 0.3) is 5.91 Å². The van der Waals surface area contributed by atoms with Crippen LogP contribution in [0.15, 0.2) is 71.8 Å². The van der Waals surface area contributed by atoms with Gasteiger partial charge in [-0.25, -0.2) is 0 Å². The first-order valence-corrected chi connectivity index (χ1v) is 12.8. The number of methoxy groups -OCH3 is 1. The second-order valence-corrected chi connectivity index (χ2v) is 10.4. The van der Waals surface area contributed by atoms with Gasteiger partial charge in [-0.1, -0.05) is 29.3 Å². The summed E-state index contributed by atoms with van der Waals surface area (Å²) in [4.78, 5) is 19.0. The molecule has 6 nitrogen and oxygen atoms in total. The maximum Gasteiger partial charge on any atom is 0.261 e. The van der Waals surface area contributed by atoms with Crippen molar-refractivity contribution in [2.75, 3.05) is 41.6 Å². The number of carbonyl (C=O) groups is 1. The summed E-state index contributed by atoms with van der Waals surface area (Å²) in [6, 6.07) is 21.2. The molecule has 3 aromatic carbocycles. The first-order valence-electron chi connectivity index (χ1n) is 12.0. The molecule has 1 fully saturated rings. The zero-order chi connectivity index (χ0) is 25.0. The lowest BCUT2D eigenvalue weighted by Gasteiger charge is -2.53. The number of halogens is 2. The van der Waals surface area contributed by atoms with E-state index in [2.05, 4.69) is 28.0 Å². The molecule has 6 rings (SSSR count). The Morgan fingerprint density at radius 3 is 2.36 bits per heavy atom. The number of carbonyl (C=O) groups excluding carboxylic acids is 1. The molecule has 0 aliphatic carbocycles. The molecule has 2 atom stereocenters. The molecule has 1 saturated heterocycles. The summed E-state index contributed by atoms with van der Waals surface area (Å²) in [7, 11) is 1.67. The number of piperazine rings is 1. The Morgan fingerprint density at radius 1 is 0.944 bits per heavy atom. The van der Waals surface area contributed by atoms with E-state index < -0.39 is 5.41 Å². The van der Waals surface area contributed by atoms with Crippen LogP contribution in [-0.4, -0.2) is 44.4 Å². The molecular weight excluding hydrogens is 495 g/mol. The van der Waals surface area contributed by atoms with Gasteiger partial charge in [0, 0.05) is 41.1 Å². The minimum atomic E-state index is -0.786. The normalized spacial score (nSPS) is 23.0. The van der Waals surface area contributed by atoms with Crippen LogP contribution >= 0.6 is 23.2 Å². The van der Waals surface area contributed by atoms with Crippen molar-refractivity contribution in [1.29, 1.82) is 0 Å². The van der Waals surface area contributed by atoms with Crippen molar-refractivity contribution in [1.82, 2.24) is 0 Å². The summed E-state index contributed by atoms with van der Waals surface area (Å²) in [5, 5.41) is 7.69. The second-order valence-electron chi connectivity index (χ2n) is 9.55. The fourth-order valence-electron chi connectivity index (χ4n) is 5.87. The van der Waals surface area contributed by atoms with Crippen molar-refractivity contribution >= 4 is 51.9 Å². The second kappa shape index (κ2) is 8.71. The summed E-state index contributed by atoms with van der Waals surface area (Å²) >= 11 is 12.5. The number of amides is 1. The molecule has 3 heterocycles. The highest BCUT2D eigenvalue weighted by Crippen LogP contribution is 2.49. The van der Waals surface area contributed by atoms with Gasteiger partial charge in [0.15, 0.2) is 0 Å². The molecule has 0 saturated carbocycles. The van der Waals surface area contributed by atoms with Crippen LogP contribution in [0.1, 0.15) is 12.5 Å². The summed E-state index contributed by atoms with van der Waals surface area (Å²) in [5.41, 5.74) is 4.10. The van der Waals surface area contributed by atoms with E-state index in [1.165, 1.54) is 0 Å². The third kappa shape index (κ3) is 3.54. The number of hydrogen-bond acceptors (Lipinski definition) is 5. The van der Waals surface area contributed by atoms with Crippen LogP contribution in [0.4, 0.5) is 17.1 Å². The number of anilines is 3. The molecule has 8 heteroatoms. The Labute approximate surface area is 220 Å². The summed E-state index contributed by atoms with van der Waals surface area (Å²) < 4.78 is 5.34. The largest absolute Gasteiger partial charge is 0.497 e. The van der Waals surface area contributed by atoms with E-state index in [1.54, 1.807) is 24.3 Å². The molecule has 3 aliphatic rings. The van der Waals surface area contributed by atoms with E-state index >= 15 is 0 Å². The minimum absolute atomic E-state index is 0.00509. The molecule has 0 aromatic heterocycles. The topological polar surface area (TPSA) is 48.4 Å². The van der Waals surface area contributed by atoms with Gasteiger partial charge in [0.05, 0.1) is 24.6 Å². The number of hydrogen-bond donors (Lipinski definition) is 0. The zero-order valence-corrected chi connectivity index (χ0v) is 21.6. The predicted molar refractivity (Wildman–Crippen MR) is 146 cm³/mol. The fraction of sp³-hybridized carbons (Fsp3) is 0.286. The number of rotatable bonds is 3. The van der Waals surface area contributed by atoms with Crippen molar-refractivity contribution < 1.29 is 9.53 Å². The van der Waals surface area contributed by atoms with Gasteiger partial charge in [-0.15, -0.1) is 0 Å². The van der Waals surface area contributed by atoms with Crippen LogP contribution in [-0.2, 0) is 11.2 Å². The van der Waals surface area contributed by atoms with Crippen LogP contribution in [0, 0.1) is 5.41 Å². The van der Waals surface area contributed by atoms with Crippen molar-refractivity contribution in [2.45, 2.75) is 19.4 Å². The van der Waals surface area contributed by atoms with Crippen LogP contribution in [0.25, 0.3) is 0 Å². The Balaban J connectivity index is 1.43. The first kappa shape index (κ1) is 23.2. The Kier molecular flexibility index (Phi) is 5.61. The molecule has 3 aliphatic heterocycles. The summed E-state index contributed by atoms with van der Waals surface area (Å²) in [6.45, 7) is 4.27. The molecule has 1 amide bonds. The molecule has 184 valence electrons. The molecule has 0 bridgehead atoms. The van der Waals surface area contributed by atoms with Gasteiger partial charge < -0.3 is 14.5 Å². The maximum atomic E-state index is 14.3. The lowest BCUT2D eigenvalue weighted by atomic mass is 9.67. The van der Waals surface area contributed by atoms with Crippen molar-refractivity contribution in [3.05, 3.63) is 82.3 Å². The van der Waals surface area contributed by atoms with Crippen LogP contribution in [0.3, 0.4) is 0 Å². The fourth-order valence-corrected chi connectivity index (χ4v) is 6.16.